The Labute approximate surface area is 147 Å². The average Bonchev–Trinajstić information content (AvgIpc) is 2.94. The summed E-state index contributed by atoms with van der Waals surface area (Å²) in [6.07, 6.45) is 5.19. The number of anilines is 1. The minimum absolute atomic E-state index is 0.0401. The molecule has 25 heavy (non-hydrogen) atoms. The van der Waals surface area contributed by atoms with E-state index in [1.54, 1.807) is 24.3 Å². The molecule has 8 heteroatoms. The molecule has 3 rings (SSSR count). The Hall–Kier alpha value is -2.38. The van der Waals surface area contributed by atoms with Gasteiger partial charge in [0.15, 0.2) is 5.82 Å². The summed E-state index contributed by atoms with van der Waals surface area (Å²) >= 11 is 0. The number of nitrogens with zero attached hydrogens (tertiary/aromatic N) is 5. The fourth-order valence-electron chi connectivity index (χ4n) is 3.39. The van der Waals surface area contributed by atoms with Gasteiger partial charge in [0.25, 0.3) is 5.88 Å². The smallest absolute Gasteiger partial charge is 0.257 e. The number of ether oxygens (including phenoxy) is 1. The van der Waals surface area contributed by atoms with E-state index in [9.17, 15) is 9.59 Å². The van der Waals surface area contributed by atoms with Crippen LogP contribution in [0.3, 0.4) is 0 Å². The van der Waals surface area contributed by atoms with Crippen LogP contribution in [0.4, 0.5) is 5.82 Å². The van der Waals surface area contributed by atoms with Crippen LogP contribution >= 0.6 is 0 Å². The molecule has 0 spiro atoms. The molecule has 0 N–H and O–H groups in total. The maximum Gasteiger partial charge on any atom is 0.257 e. The molecule has 2 amide bonds. The summed E-state index contributed by atoms with van der Waals surface area (Å²) in [5.74, 6) is 1.03. The topological polar surface area (TPSA) is 78.9 Å². The molecule has 2 saturated heterocycles. The number of carbonyl (C=O) groups is 2. The van der Waals surface area contributed by atoms with Crippen molar-refractivity contribution in [2.24, 2.45) is 5.92 Å². The van der Waals surface area contributed by atoms with Crippen molar-refractivity contribution in [2.45, 2.75) is 25.4 Å². The van der Waals surface area contributed by atoms with Crippen LogP contribution in [-0.2, 0) is 9.59 Å². The molecule has 2 fully saturated rings. The second kappa shape index (κ2) is 7.25. The number of carbonyl (C=O) groups excluding carboxylic acids is 2. The first-order valence-corrected chi connectivity index (χ1v) is 8.63. The van der Waals surface area contributed by atoms with Crippen molar-refractivity contribution in [3.05, 3.63) is 12.4 Å². The second-order valence-corrected chi connectivity index (χ2v) is 6.92. The summed E-state index contributed by atoms with van der Waals surface area (Å²) in [7, 11) is 5.52. The maximum absolute atomic E-state index is 12.7. The van der Waals surface area contributed by atoms with E-state index >= 15 is 0 Å². The monoisotopic (exact) mass is 347 g/mol. The second-order valence-electron chi connectivity index (χ2n) is 6.92. The van der Waals surface area contributed by atoms with E-state index in [0.29, 0.717) is 37.8 Å². The van der Waals surface area contributed by atoms with Crippen LogP contribution in [0.15, 0.2) is 12.4 Å². The SMILES string of the molecule is CN1C[C@H](C(=O)N2CCC[C@H](Oc3nccnc3N(C)C)C2)CC1=O. The van der Waals surface area contributed by atoms with E-state index in [1.165, 1.54) is 0 Å². The molecule has 0 unspecified atom stereocenters. The quantitative estimate of drug-likeness (QED) is 0.784. The minimum atomic E-state index is -0.231. The molecule has 1 aromatic rings. The van der Waals surface area contributed by atoms with Crippen molar-refractivity contribution in [1.29, 1.82) is 0 Å². The molecule has 2 aliphatic heterocycles. The molecule has 8 nitrogen and oxygen atoms in total. The number of piperidine rings is 1. The zero-order valence-corrected chi connectivity index (χ0v) is 15.0. The molecule has 0 aliphatic carbocycles. The lowest BCUT2D eigenvalue weighted by molar-refractivity contribution is -0.138. The molecule has 2 atom stereocenters. The van der Waals surface area contributed by atoms with Crippen LogP contribution in [0.1, 0.15) is 19.3 Å². The lowest BCUT2D eigenvalue weighted by Gasteiger charge is -2.34. The van der Waals surface area contributed by atoms with Crippen LogP contribution < -0.4 is 9.64 Å². The van der Waals surface area contributed by atoms with Crippen LogP contribution in [-0.4, -0.2) is 78.5 Å². The average molecular weight is 347 g/mol. The minimum Gasteiger partial charge on any atom is -0.470 e. The molecular formula is C17H25N5O3. The molecule has 0 radical (unpaired) electrons. The Kier molecular flexibility index (Phi) is 5.06. The largest absolute Gasteiger partial charge is 0.470 e. The predicted octanol–water partition coefficient (Wildman–Crippen LogP) is 0.391. The van der Waals surface area contributed by atoms with Gasteiger partial charge in [0.1, 0.15) is 6.10 Å². The van der Waals surface area contributed by atoms with Gasteiger partial charge in [-0.15, -0.1) is 0 Å². The Bertz CT molecular complexity index is 651. The van der Waals surface area contributed by atoms with Gasteiger partial charge in [-0.1, -0.05) is 0 Å². The number of aromatic nitrogens is 2. The van der Waals surface area contributed by atoms with Gasteiger partial charge in [0.05, 0.1) is 12.5 Å². The Morgan fingerprint density at radius 1 is 1.28 bits per heavy atom. The molecule has 0 saturated carbocycles. The fourth-order valence-corrected chi connectivity index (χ4v) is 3.39. The molecule has 0 aromatic carbocycles. The Morgan fingerprint density at radius 2 is 2.04 bits per heavy atom. The van der Waals surface area contributed by atoms with Crippen molar-refractivity contribution >= 4 is 17.6 Å². The van der Waals surface area contributed by atoms with Crippen LogP contribution in [0.25, 0.3) is 0 Å². The summed E-state index contributed by atoms with van der Waals surface area (Å²) in [6, 6.07) is 0. The Morgan fingerprint density at radius 3 is 2.72 bits per heavy atom. The molecule has 1 aromatic heterocycles. The van der Waals surface area contributed by atoms with Gasteiger partial charge in [-0.05, 0) is 12.8 Å². The zero-order chi connectivity index (χ0) is 18.0. The first-order chi connectivity index (χ1) is 12.0. The van der Waals surface area contributed by atoms with Crippen LogP contribution in [0.5, 0.6) is 5.88 Å². The van der Waals surface area contributed by atoms with Crippen LogP contribution in [0.2, 0.25) is 0 Å². The number of hydrogen-bond donors (Lipinski definition) is 0. The van der Waals surface area contributed by atoms with E-state index in [1.807, 2.05) is 23.9 Å². The summed E-state index contributed by atoms with van der Waals surface area (Å²) in [6.45, 7) is 1.75. The Balaban J connectivity index is 1.64. The van der Waals surface area contributed by atoms with Crippen molar-refractivity contribution in [3.63, 3.8) is 0 Å². The number of rotatable bonds is 4. The van der Waals surface area contributed by atoms with E-state index in [4.69, 9.17) is 4.74 Å². The highest BCUT2D eigenvalue weighted by Gasteiger charge is 2.36. The third-order valence-electron chi connectivity index (χ3n) is 4.73. The van der Waals surface area contributed by atoms with Crippen LogP contribution in [0, 0.1) is 5.92 Å². The molecule has 2 aliphatic rings. The maximum atomic E-state index is 12.7. The highest BCUT2D eigenvalue weighted by Crippen LogP contribution is 2.26. The zero-order valence-electron chi connectivity index (χ0n) is 15.0. The van der Waals surface area contributed by atoms with Gasteiger partial charge >= 0.3 is 0 Å². The van der Waals surface area contributed by atoms with Gasteiger partial charge in [0, 0.05) is 53.0 Å². The van der Waals surface area contributed by atoms with Crippen molar-refractivity contribution in [1.82, 2.24) is 19.8 Å². The van der Waals surface area contributed by atoms with E-state index in [0.717, 1.165) is 12.8 Å². The third-order valence-corrected chi connectivity index (χ3v) is 4.73. The predicted molar refractivity (Wildman–Crippen MR) is 92.3 cm³/mol. The third kappa shape index (κ3) is 3.83. The first-order valence-electron chi connectivity index (χ1n) is 8.63. The lowest BCUT2D eigenvalue weighted by Crippen LogP contribution is -2.47. The van der Waals surface area contributed by atoms with Gasteiger partial charge in [-0.3, -0.25) is 9.59 Å². The summed E-state index contributed by atoms with van der Waals surface area (Å²) in [5, 5.41) is 0. The van der Waals surface area contributed by atoms with E-state index < -0.39 is 0 Å². The van der Waals surface area contributed by atoms with Crippen molar-refractivity contribution in [3.8, 4) is 5.88 Å². The summed E-state index contributed by atoms with van der Waals surface area (Å²) < 4.78 is 6.05. The first kappa shape index (κ1) is 17.4. The number of likely N-dealkylation sites (tertiary alicyclic amines) is 2. The molecule has 0 bridgehead atoms. The van der Waals surface area contributed by atoms with Gasteiger partial charge in [-0.2, -0.15) is 0 Å². The lowest BCUT2D eigenvalue weighted by atomic mass is 10.0. The highest BCUT2D eigenvalue weighted by atomic mass is 16.5. The van der Waals surface area contributed by atoms with E-state index in [-0.39, 0.29) is 23.8 Å². The highest BCUT2D eigenvalue weighted by molar-refractivity contribution is 5.89. The van der Waals surface area contributed by atoms with E-state index in [2.05, 4.69) is 9.97 Å². The van der Waals surface area contributed by atoms with Crippen molar-refractivity contribution in [2.75, 3.05) is 45.7 Å². The molecule has 136 valence electrons. The fraction of sp³-hybridized carbons (Fsp3) is 0.647. The summed E-state index contributed by atoms with van der Waals surface area (Å²) in [4.78, 5) is 38.3. The summed E-state index contributed by atoms with van der Waals surface area (Å²) in [5.41, 5.74) is 0. The van der Waals surface area contributed by atoms with Gasteiger partial charge in [0.2, 0.25) is 11.8 Å². The molecule has 3 heterocycles. The van der Waals surface area contributed by atoms with Gasteiger partial charge in [-0.25, -0.2) is 9.97 Å². The normalized spacial score (nSPS) is 23.7. The number of amides is 2. The standard InChI is InChI=1S/C17H25N5O3/c1-20(2)15-16(19-7-6-18-15)25-13-5-4-8-22(11-13)17(24)12-9-14(23)21(3)10-12/h6-7,12-13H,4-5,8-11H2,1-3H3/t12-,13+/m1/s1. The van der Waals surface area contributed by atoms with Gasteiger partial charge < -0.3 is 19.4 Å². The molecular weight excluding hydrogens is 322 g/mol. The number of hydrogen-bond acceptors (Lipinski definition) is 6. The van der Waals surface area contributed by atoms with Crippen molar-refractivity contribution < 1.29 is 14.3 Å².